The number of hydrogen-bond acceptors (Lipinski definition) is 5. The van der Waals surface area contributed by atoms with Gasteiger partial charge in [0.2, 0.25) is 5.91 Å². The lowest BCUT2D eigenvalue weighted by Gasteiger charge is -2.26. The number of ether oxygens (including phenoxy) is 1. The van der Waals surface area contributed by atoms with Crippen molar-refractivity contribution in [1.82, 2.24) is 14.7 Å². The van der Waals surface area contributed by atoms with Crippen LogP contribution in [0.15, 0.2) is 36.7 Å². The number of hydrogen-bond donors (Lipinski definition) is 2. The van der Waals surface area contributed by atoms with Crippen molar-refractivity contribution in [2.24, 2.45) is 5.73 Å². The quantitative estimate of drug-likeness (QED) is 0.802. The average Bonchev–Trinajstić information content (AvgIpc) is 3.09. The number of anilines is 1. The van der Waals surface area contributed by atoms with E-state index in [4.69, 9.17) is 10.5 Å². The monoisotopic (exact) mass is 379 g/mol. The van der Waals surface area contributed by atoms with E-state index in [1.54, 1.807) is 23.2 Å². The van der Waals surface area contributed by atoms with E-state index in [1.165, 1.54) is 10.9 Å². The molecule has 0 aliphatic carbocycles. The zero-order valence-corrected chi connectivity index (χ0v) is 15.1. The van der Waals surface area contributed by atoms with Gasteiger partial charge in [0.25, 0.3) is 5.91 Å². The second-order valence-electron chi connectivity index (χ2n) is 5.77. The third kappa shape index (κ3) is 5.04. The highest BCUT2D eigenvalue weighted by molar-refractivity contribution is 6.04. The fourth-order valence-corrected chi connectivity index (χ4v) is 2.56. The van der Waals surface area contributed by atoms with E-state index in [-0.39, 0.29) is 30.8 Å². The van der Waals surface area contributed by atoms with E-state index in [0.29, 0.717) is 44.1 Å². The van der Waals surface area contributed by atoms with Gasteiger partial charge < -0.3 is 20.7 Å². The van der Waals surface area contributed by atoms with E-state index in [2.05, 4.69) is 10.4 Å². The largest absolute Gasteiger partial charge is 0.378 e. The molecule has 2 aromatic rings. The molecular weight excluding hydrogens is 358 g/mol. The molecule has 1 fully saturated rings. The first-order chi connectivity index (χ1) is 12.2. The Balaban J connectivity index is 0.00000243. The van der Waals surface area contributed by atoms with Crippen molar-refractivity contribution in [3.8, 4) is 0 Å². The Kier molecular flexibility index (Phi) is 7.14. The minimum Gasteiger partial charge on any atom is -0.378 e. The SMILES string of the molecule is Cl.NCc1ccc(C(=O)Nc2cnn(CC(=O)N3CCOCC3)c2)cc1. The number of amides is 2. The van der Waals surface area contributed by atoms with Crippen LogP contribution in [0.1, 0.15) is 15.9 Å². The van der Waals surface area contributed by atoms with Crippen LogP contribution >= 0.6 is 12.4 Å². The van der Waals surface area contributed by atoms with Crippen molar-refractivity contribution in [2.45, 2.75) is 13.1 Å². The van der Waals surface area contributed by atoms with Gasteiger partial charge in [-0.05, 0) is 17.7 Å². The predicted molar refractivity (Wildman–Crippen MR) is 99.2 cm³/mol. The molecule has 0 saturated carbocycles. The maximum absolute atomic E-state index is 12.2. The normalized spacial score (nSPS) is 13.8. The van der Waals surface area contributed by atoms with Crippen LogP contribution in [0.4, 0.5) is 5.69 Å². The molecule has 0 unspecified atom stereocenters. The summed E-state index contributed by atoms with van der Waals surface area (Å²) in [5, 5.41) is 6.90. The standard InChI is InChI=1S/C17H21N5O3.ClH/c18-9-13-1-3-14(4-2-13)17(24)20-15-10-19-22(11-15)12-16(23)21-5-7-25-8-6-21;/h1-4,10-11H,5-9,12,18H2,(H,20,24);1H. The van der Waals surface area contributed by atoms with Crippen molar-refractivity contribution in [3.63, 3.8) is 0 Å². The van der Waals surface area contributed by atoms with Gasteiger partial charge in [0.15, 0.2) is 0 Å². The summed E-state index contributed by atoms with van der Waals surface area (Å²) in [6.45, 7) is 2.90. The third-order valence-electron chi connectivity index (χ3n) is 4.00. The Morgan fingerprint density at radius 1 is 1.19 bits per heavy atom. The topological polar surface area (TPSA) is 102 Å². The number of carbonyl (C=O) groups is 2. The lowest BCUT2D eigenvalue weighted by Crippen LogP contribution is -2.42. The van der Waals surface area contributed by atoms with E-state index in [9.17, 15) is 9.59 Å². The first kappa shape index (κ1) is 19.9. The third-order valence-corrected chi connectivity index (χ3v) is 4.00. The second kappa shape index (κ2) is 9.33. The molecule has 1 saturated heterocycles. The van der Waals surface area contributed by atoms with Crippen LogP contribution in [0, 0.1) is 0 Å². The molecular formula is C17H22ClN5O3. The Morgan fingerprint density at radius 3 is 2.54 bits per heavy atom. The van der Waals surface area contributed by atoms with Gasteiger partial charge in [-0.1, -0.05) is 12.1 Å². The van der Waals surface area contributed by atoms with Crippen molar-refractivity contribution >= 4 is 29.9 Å². The molecule has 0 spiro atoms. The van der Waals surface area contributed by atoms with Gasteiger partial charge in [-0.25, -0.2) is 0 Å². The molecule has 1 aliphatic rings. The van der Waals surface area contributed by atoms with Crippen LogP contribution in [0.2, 0.25) is 0 Å². The fourth-order valence-electron chi connectivity index (χ4n) is 2.56. The number of carbonyl (C=O) groups excluding carboxylic acids is 2. The van der Waals surface area contributed by atoms with Gasteiger partial charge >= 0.3 is 0 Å². The van der Waals surface area contributed by atoms with Gasteiger partial charge in [-0.3, -0.25) is 14.3 Å². The first-order valence-electron chi connectivity index (χ1n) is 8.14. The number of nitrogens with zero attached hydrogens (tertiary/aromatic N) is 3. The molecule has 3 N–H and O–H groups in total. The highest BCUT2D eigenvalue weighted by atomic mass is 35.5. The molecule has 0 radical (unpaired) electrons. The maximum atomic E-state index is 12.2. The number of nitrogens with two attached hydrogens (primary N) is 1. The van der Waals surface area contributed by atoms with Crippen LogP contribution in [0.5, 0.6) is 0 Å². The van der Waals surface area contributed by atoms with Crippen LogP contribution < -0.4 is 11.1 Å². The molecule has 2 amide bonds. The molecule has 1 aromatic heterocycles. The minimum absolute atomic E-state index is 0. The Bertz CT molecular complexity index is 741. The molecule has 3 rings (SSSR count). The number of rotatable bonds is 5. The Labute approximate surface area is 157 Å². The molecule has 9 heteroatoms. The van der Waals surface area contributed by atoms with Gasteiger partial charge in [0, 0.05) is 31.4 Å². The minimum atomic E-state index is -0.234. The molecule has 2 heterocycles. The average molecular weight is 380 g/mol. The van der Waals surface area contributed by atoms with Crippen molar-refractivity contribution < 1.29 is 14.3 Å². The predicted octanol–water partition coefficient (Wildman–Crippen LogP) is 0.875. The summed E-state index contributed by atoms with van der Waals surface area (Å²) in [4.78, 5) is 26.2. The molecule has 0 bridgehead atoms. The van der Waals surface area contributed by atoms with Crippen LogP contribution in [-0.4, -0.2) is 52.8 Å². The Hall–Kier alpha value is -2.42. The molecule has 1 aliphatic heterocycles. The number of aromatic nitrogens is 2. The van der Waals surface area contributed by atoms with Gasteiger partial charge in [-0.15, -0.1) is 12.4 Å². The summed E-state index contributed by atoms with van der Waals surface area (Å²) in [5.74, 6) is -0.246. The smallest absolute Gasteiger partial charge is 0.255 e. The van der Waals surface area contributed by atoms with Gasteiger partial charge in [0.05, 0.1) is 25.1 Å². The highest BCUT2D eigenvalue weighted by Crippen LogP contribution is 2.10. The summed E-state index contributed by atoms with van der Waals surface area (Å²) in [6.07, 6.45) is 3.17. The van der Waals surface area contributed by atoms with E-state index in [0.717, 1.165) is 5.56 Å². The maximum Gasteiger partial charge on any atom is 0.255 e. The van der Waals surface area contributed by atoms with E-state index >= 15 is 0 Å². The van der Waals surface area contributed by atoms with Crippen LogP contribution in [0.25, 0.3) is 0 Å². The summed E-state index contributed by atoms with van der Waals surface area (Å²) in [7, 11) is 0. The van der Waals surface area contributed by atoms with Crippen molar-refractivity contribution in [2.75, 3.05) is 31.6 Å². The first-order valence-corrected chi connectivity index (χ1v) is 8.14. The molecule has 8 nitrogen and oxygen atoms in total. The zero-order chi connectivity index (χ0) is 17.6. The fraction of sp³-hybridized carbons (Fsp3) is 0.353. The van der Waals surface area contributed by atoms with Crippen molar-refractivity contribution in [1.29, 1.82) is 0 Å². The molecule has 26 heavy (non-hydrogen) atoms. The zero-order valence-electron chi connectivity index (χ0n) is 14.3. The molecule has 140 valence electrons. The van der Waals surface area contributed by atoms with E-state index < -0.39 is 0 Å². The summed E-state index contributed by atoms with van der Waals surface area (Å²) < 4.78 is 6.75. The lowest BCUT2D eigenvalue weighted by molar-refractivity contribution is -0.136. The summed E-state index contributed by atoms with van der Waals surface area (Å²) in [5.41, 5.74) is 7.59. The van der Waals surface area contributed by atoms with Gasteiger partial charge in [0.1, 0.15) is 6.54 Å². The highest BCUT2D eigenvalue weighted by Gasteiger charge is 2.17. The molecule has 0 atom stereocenters. The summed E-state index contributed by atoms with van der Waals surface area (Å²) >= 11 is 0. The Morgan fingerprint density at radius 2 is 1.88 bits per heavy atom. The second-order valence-corrected chi connectivity index (χ2v) is 5.77. The van der Waals surface area contributed by atoms with Gasteiger partial charge in [-0.2, -0.15) is 5.10 Å². The van der Waals surface area contributed by atoms with Crippen LogP contribution in [0.3, 0.4) is 0 Å². The number of morpholine rings is 1. The van der Waals surface area contributed by atoms with E-state index in [1.807, 2.05) is 12.1 Å². The number of nitrogens with one attached hydrogen (secondary N) is 1. The van der Waals surface area contributed by atoms with Crippen molar-refractivity contribution in [3.05, 3.63) is 47.8 Å². The number of halogens is 1. The summed E-state index contributed by atoms with van der Waals surface area (Å²) in [6, 6.07) is 7.09. The van der Waals surface area contributed by atoms with Crippen LogP contribution in [-0.2, 0) is 22.6 Å². The lowest BCUT2D eigenvalue weighted by atomic mass is 10.1. The molecule has 1 aromatic carbocycles. The number of benzene rings is 1.